The maximum atomic E-state index is 10.8. The number of carboxylic acid groups (broad SMARTS) is 1. The highest BCUT2D eigenvalue weighted by molar-refractivity contribution is 7.13. The zero-order valence-corrected chi connectivity index (χ0v) is 12.5. The van der Waals surface area contributed by atoms with E-state index in [1.54, 1.807) is 5.38 Å². The van der Waals surface area contributed by atoms with E-state index in [0.717, 1.165) is 31.1 Å². The zero-order valence-electron chi connectivity index (χ0n) is 11.7. The first kappa shape index (κ1) is 15.2. The molecule has 20 heavy (non-hydrogen) atoms. The monoisotopic (exact) mass is 298 g/mol. The number of aromatic nitrogens is 1. The van der Waals surface area contributed by atoms with Crippen molar-refractivity contribution >= 4 is 22.4 Å². The van der Waals surface area contributed by atoms with E-state index >= 15 is 0 Å². The molecule has 0 bridgehead atoms. The van der Waals surface area contributed by atoms with Gasteiger partial charge in [-0.25, -0.2) is 4.98 Å². The number of piperidine rings is 1. The van der Waals surface area contributed by atoms with E-state index in [2.05, 4.69) is 22.1 Å². The Kier molecular flexibility index (Phi) is 5.33. The van der Waals surface area contributed by atoms with Crippen molar-refractivity contribution in [2.45, 2.75) is 38.3 Å². The summed E-state index contributed by atoms with van der Waals surface area (Å²) in [7, 11) is 0. The summed E-state index contributed by atoms with van der Waals surface area (Å²) in [5.74, 6) is -1.05. The number of rotatable bonds is 6. The maximum Gasteiger partial charge on any atom is 0.326 e. The van der Waals surface area contributed by atoms with Crippen molar-refractivity contribution in [1.82, 2.24) is 9.88 Å². The van der Waals surface area contributed by atoms with Gasteiger partial charge in [-0.2, -0.15) is 0 Å². The molecule has 2 heterocycles. The van der Waals surface area contributed by atoms with E-state index in [0.29, 0.717) is 11.7 Å². The largest absolute Gasteiger partial charge is 0.480 e. The molecule has 1 aromatic rings. The molecule has 1 unspecified atom stereocenters. The molecule has 1 saturated heterocycles. The highest BCUT2D eigenvalue weighted by Gasteiger charge is 2.21. The number of anilines is 1. The van der Waals surface area contributed by atoms with Crippen molar-refractivity contribution in [3.63, 3.8) is 0 Å². The summed E-state index contributed by atoms with van der Waals surface area (Å²) in [6, 6.07) is -0.614. The normalized spacial score (nSPS) is 18.9. The molecule has 0 amide bonds. The molecule has 0 aromatic carbocycles. The van der Waals surface area contributed by atoms with Gasteiger partial charge >= 0.3 is 5.97 Å². The van der Waals surface area contributed by atoms with Crippen LogP contribution in [0.2, 0.25) is 0 Å². The highest BCUT2D eigenvalue weighted by Crippen LogP contribution is 2.23. The van der Waals surface area contributed by atoms with Gasteiger partial charge in [0.25, 0.3) is 0 Å². The maximum absolute atomic E-state index is 10.8. The number of nitrogens with one attached hydrogen (secondary N) is 1. The number of hydrogen-bond donors (Lipinski definition) is 3. The molecule has 6 nitrogen and oxygen atoms in total. The topological polar surface area (TPSA) is 91.5 Å². The van der Waals surface area contributed by atoms with Gasteiger partial charge in [0.15, 0.2) is 5.13 Å². The van der Waals surface area contributed by atoms with Crippen LogP contribution < -0.4 is 11.1 Å². The lowest BCUT2D eigenvalue weighted by Gasteiger charge is -2.31. The van der Waals surface area contributed by atoms with E-state index < -0.39 is 12.0 Å². The Hall–Kier alpha value is -1.18. The van der Waals surface area contributed by atoms with Crippen LogP contribution >= 0.6 is 11.3 Å². The van der Waals surface area contributed by atoms with Gasteiger partial charge in [-0.15, -0.1) is 11.3 Å². The minimum atomic E-state index is -1.05. The summed E-state index contributed by atoms with van der Waals surface area (Å²) in [6.45, 7) is 5.59. The number of thiazole rings is 1. The minimum absolute atomic E-state index is 0.420. The first-order valence-electron chi connectivity index (χ1n) is 7.03. The Bertz CT molecular complexity index is 443. The van der Waals surface area contributed by atoms with Crippen molar-refractivity contribution < 1.29 is 9.90 Å². The highest BCUT2D eigenvalue weighted by atomic mass is 32.1. The third-order valence-corrected chi connectivity index (χ3v) is 4.35. The van der Waals surface area contributed by atoms with Crippen molar-refractivity contribution in [2.24, 2.45) is 5.73 Å². The number of hydrogen-bond acceptors (Lipinski definition) is 6. The van der Waals surface area contributed by atoms with Crippen LogP contribution in [0.15, 0.2) is 5.38 Å². The lowest BCUT2D eigenvalue weighted by atomic mass is 10.1. The average molecular weight is 298 g/mol. The summed E-state index contributed by atoms with van der Waals surface area (Å²) in [5.41, 5.74) is 5.97. The van der Waals surface area contributed by atoms with Gasteiger partial charge in [-0.1, -0.05) is 6.92 Å². The Labute approximate surface area is 123 Å². The van der Waals surface area contributed by atoms with Crippen LogP contribution in [0.5, 0.6) is 0 Å². The molecule has 1 fully saturated rings. The zero-order chi connectivity index (χ0) is 14.5. The predicted octanol–water partition coefficient (Wildman–Crippen LogP) is 1.51. The molecule has 4 N–H and O–H groups in total. The SMILES string of the molecule is CCCN1CCC(Nc2nc(C(N)C(=O)O)cs2)CC1. The molecule has 1 aliphatic rings. The lowest BCUT2D eigenvalue weighted by Crippen LogP contribution is -2.39. The first-order chi connectivity index (χ1) is 9.60. The second-order valence-electron chi connectivity index (χ2n) is 5.15. The number of aliphatic carboxylic acids is 1. The summed E-state index contributed by atoms with van der Waals surface area (Å²) in [4.78, 5) is 17.6. The van der Waals surface area contributed by atoms with E-state index in [1.807, 2.05) is 0 Å². The van der Waals surface area contributed by atoms with Crippen LogP contribution in [-0.4, -0.2) is 46.6 Å². The third kappa shape index (κ3) is 3.91. The molecule has 1 atom stereocenters. The molecular formula is C13H22N4O2S. The third-order valence-electron chi connectivity index (χ3n) is 3.56. The van der Waals surface area contributed by atoms with Crippen LogP contribution in [0.4, 0.5) is 5.13 Å². The quantitative estimate of drug-likeness (QED) is 0.737. The van der Waals surface area contributed by atoms with Gasteiger partial charge in [0.05, 0.1) is 5.69 Å². The molecule has 1 aromatic heterocycles. The minimum Gasteiger partial charge on any atom is -0.480 e. The molecule has 112 valence electrons. The molecule has 7 heteroatoms. The summed E-state index contributed by atoms with van der Waals surface area (Å²) in [6.07, 6.45) is 3.39. The number of nitrogens with two attached hydrogens (primary N) is 1. The van der Waals surface area contributed by atoms with Crippen LogP contribution in [0.3, 0.4) is 0 Å². The summed E-state index contributed by atoms with van der Waals surface area (Å²) >= 11 is 1.42. The van der Waals surface area contributed by atoms with Crippen molar-refractivity contribution in [3.8, 4) is 0 Å². The van der Waals surface area contributed by atoms with E-state index in [9.17, 15) is 4.79 Å². The fraction of sp³-hybridized carbons (Fsp3) is 0.692. The number of likely N-dealkylation sites (tertiary alicyclic amines) is 1. The van der Waals surface area contributed by atoms with Gasteiger partial charge in [0.1, 0.15) is 6.04 Å². The molecular weight excluding hydrogens is 276 g/mol. The molecule has 0 spiro atoms. The molecule has 2 rings (SSSR count). The van der Waals surface area contributed by atoms with Gasteiger partial charge < -0.3 is 21.1 Å². The Morgan fingerprint density at radius 2 is 2.35 bits per heavy atom. The standard InChI is InChI=1S/C13H22N4O2S/c1-2-5-17-6-3-9(4-7-17)15-13-16-10(8-20-13)11(14)12(18)19/h8-9,11H,2-7,14H2,1H3,(H,15,16)(H,18,19). The first-order valence-corrected chi connectivity index (χ1v) is 7.90. The van der Waals surface area contributed by atoms with Crippen LogP contribution in [0.1, 0.15) is 37.9 Å². The molecule has 0 saturated carbocycles. The number of nitrogens with zero attached hydrogens (tertiary/aromatic N) is 2. The fourth-order valence-electron chi connectivity index (χ4n) is 2.41. The van der Waals surface area contributed by atoms with Gasteiger partial charge in [-0.05, 0) is 25.8 Å². The second-order valence-corrected chi connectivity index (χ2v) is 6.01. The summed E-state index contributed by atoms with van der Waals surface area (Å²) < 4.78 is 0. The Balaban J connectivity index is 1.84. The van der Waals surface area contributed by atoms with Gasteiger partial charge in [0.2, 0.25) is 0 Å². The van der Waals surface area contributed by atoms with Crippen molar-refractivity contribution in [2.75, 3.05) is 25.0 Å². The molecule has 0 radical (unpaired) electrons. The lowest BCUT2D eigenvalue weighted by molar-refractivity contribution is -0.138. The molecule has 0 aliphatic carbocycles. The van der Waals surface area contributed by atoms with Crippen molar-refractivity contribution in [3.05, 3.63) is 11.1 Å². The summed E-state index contributed by atoms with van der Waals surface area (Å²) in [5, 5.41) is 14.7. The Morgan fingerprint density at radius 1 is 1.65 bits per heavy atom. The second kappa shape index (κ2) is 7.01. The Morgan fingerprint density at radius 3 is 2.95 bits per heavy atom. The van der Waals surface area contributed by atoms with Crippen LogP contribution in [0.25, 0.3) is 0 Å². The smallest absolute Gasteiger partial charge is 0.326 e. The number of carboxylic acids is 1. The van der Waals surface area contributed by atoms with Crippen molar-refractivity contribution in [1.29, 1.82) is 0 Å². The predicted molar refractivity (Wildman–Crippen MR) is 80.1 cm³/mol. The van der Waals surface area contributed by atoms with Crippen LogP contribution in [0, 0.1) is 0 Å². The fourth-order valence-corrected chi connectivity index (χ4v) is 3.24. The van der Waals surface area contributed by atoms with Crippen LogP contribution in [-0.2, 0) is 4.79 Å². The van der Waals surface area contributed by atoms with Gasteiger partial charge in [-0.3, -0.25) is 4.79 Å². The number of carbonyl (C=O) groups is 1. The van der Waals surface area contributed by atoms with E-state index in [1.165, 1.54) is 24.3 Å². The van der Waals surface area contributed by atoms with E-state index in [-0.39, 0.29) is 0 Å². The van der Waals surface area contributed by atoms with Gasteiger partial charge in [0, 0.05) is 24.5 Å². The molecule has 1 aliphatic heterocycles. The van der Waals surface area contributed by atoms with E-state index in [4.69, 9.17) is 10.8 Å². The average Bonchev–Trinajstić information content (AvgIpc) is 2.89.